The number of halogens is 2. The van der Waals surface area contributed by atoms with E-state index in [0.29, 0.717) is 21.4 Å². The third-order valence-corrected chi connectivity index (χ3v) is 5.03. The number of carbonyl (C=O) groups excluding carboxylic acids is 2. The van der Waals surface area contributed by atoms with Crippen molar-refractivity contribution in [3.8, 4) is 0 Å². The highest BCUT2D eigenvalue weighted by atomic mass is 35.5. The predicted octanol–water partition coefficient (Wildman–Crippen LogP) is 4.12. The summed E-state index contributed by atoms with van der Waals surface area (Å²) in [4.78, 5) is 23.8. The molecule has 0 saturated heterocycles. The highest BCUT2D eigenvalue weighted by Crippen LogP contribution is 2.20. The Morgan fingerprint density at radius 3 is 1.41 bits per heavy atom. The van der Waals surface area contributed by atoms with Crippen molar-refractivity contribution in [1.82, 2.24) is 10.9 Å². The average molecular weight is 497 g/mol. The van der Waals surface area contributed by atoms with Gasteiger partial charge in [0.05, 0.1) is 46.9 Å². The molecule has 4 N–H and O–H groups in total. The van der Waals surface area contributed by atoms with E-state index >= 15 is 0 Å². The van der Waals surface area contributed by atoms with Crippen LogP contribution in [0.15, 0.2) is 83.0 Å². The number of hydrogen-bond donors (Lipinski definition) is 4. The minimum Gasteiger partial charge on any atom is -0.375 e. The summed E-state index contributed by atoms with van der Waals surface area (Å²) in [7, 11) is 0. The van der Waals surface area contributed by atoms with Gasteiger partial charge in [-0.2, -0.15) is 10.2 Å². The van der Waals surface area contributed by atoms with Crippen LogP contribution < -0.4 is 21.5 Å². The van der Waals surface area contributed by atoms with Gasteiger partial charge < -0.3 is 10.6 Å². The van der Waals surface area contributed by atoms with Gasteiger partial charge >= 0.3 is 0 Å². The Balaban J connectivity index is 1.38. The molecule has 0 spiro atoms. The van der Waals surface area contributed by atoms with Gasteiger partial charge in [-0.05, 0) is 35.4 Å². The summed E-state index contributed by atoms with van der Waals surface area (Å²) < 4.78 is 0. The van der Waals surface area contributed by atoms with Gasteiger partial charge in [-0.1, -0.05) is 71.7 Å². The largest absolute Gasteiger partial charge is 0.375 e. The Kier molecular flexibility index (Phi) is 9.45. The number of benzene rings is 3. The van der Waals surface area contributed by atoms with Gasteiger partial charge in [0.1, 0.15) is 0 Å². The van der Waals surface area contributed by atoms with Crippen LogP contribution in [0.1, 0.15) is 11.1 Å². The van der Waals surface area contributed by atoms with Crippen LogP contribution in [-0.2, 0) is 9.59 Å². The fourth-order valence-corrected chi connectivity index (χ4v) is 3.07. The summed E-state index contributed by atoms with van der Waals surface area (Å²) in [5.41, 5.74) is 7.81. The molecule has 0 atom stereocenters. The lowest BCUT2D eigenvalue weighted by atomic mass is 10.2. The van der Waals surface area contributed by atoms with E-state index < -0.39 is 0 Å². The molecule has 0 unspecified atom stereocenters. The minimum atomic E-state index is -0.306. The van der Waals surface area contributed by atoms with Crippen LogP contribution in [0.25, 0.3) is 0 Å². The van der Waals surface area contributed by atoms with Crippen LogP contribution >= 0.6 is 23.2 Å². The number of anilines is 2. The number of rotatable bonds is 10. The Morgan fingerprint density at radius 2 is 1.03 bits per heavy atom. The van der Waals surface area contributed by atoms with Crippen molar-refractivity contribution in [2.24, 2.45) is 10.2 Å². The topological polar surface area (TPSA) is 107 Å². The molecule has 0 aliphatic carbocycles. The number of amides is 2. The van der Waals surface area contributed by atoms with Crippen molar-refractivity contribution in [2.75, 3.05) is 23.7 Å². The van der Waals surface area contributed by atoms with Crippen LogP contribution in [0.3, 0.4) is 0 Å². The highest BCUT2D eigenvalue weighted by Gasteiger charge is 2.03. The third kappa shape index (κ3) is 8.23. The van der Waals surface area contributed by atoms with E-state index in [-0.39, 0.29) is 24.9 Å². The minimum absolute atomic E-state index is 0.0378. The molecule has 0 fully saturated rings. The molecule has 34 heavy (non-hydrogen) atoms. The van der Waals surface area contributed by atoms with Gasteiger partial charge in [0, 0.05) is 0 Å². The smallest absolute Gasteiger partial charge is 0.259 e. The molecule has 10 heteroatoms. The van der Waals surface area contributed by atoms with Crippen molar-refractivity contribution < 1.29 is 9.59 Å². The molecule has 8 nitrogen and oxygen atoms in total. The van der Waals surface area contributed by atoms with Gasteiger partial charge in [-0.25, -0.2) is 10.9 Å². The molecule has 3 aromatic carbocycles. The predicted molar refractivity (Wildman–Crippen MR) is 138 cm³/mol. The monoisotopic (exact) mass is 496 g/mol. The van der Waals surface area contributed by atoms with Crippen LogP contribution in [0, 0.1) is 0 Å². The number of para-hydroxylation sites is 2. The maximum atomic E-state index is 11.9. The van der Waals surface area contributed by atoms with E-state index in [2.05, 4.69) is 31.7 Å². The second-order valence-electron chi connectivity index (χ2n) is 6.92. The molecule has 0 saturated carbocycles. The van der Waals surface area contributed by atoms with Crippen LogP contribution in [0.5, 0.6) is 0 Å². The number of carbonyl (C=O) groups is 2. The summed E-state index contributed by atoms with van der Waals surface area (Å²) in [6.45, 7) is 0.0756. The fraction of sp³-hybridized carbons (Fsp3) is 0.0833. The van der Waals surface area contributed by atoms with E-state index in [4.69, 9.17) is 23.2 Å². The van der Waals surface area contributed by atoms with Crippen LogP contribution in [0.4, 0.5) is 11.4 Å². The highest BCUT2D eigenvalue weighted by molar-refractivity contribution is 6.33. The van der Waals surface area contributed by atoms with Crippen molar-refractivity contribution in [2.45, 2.75) is 0 Å². The van der Waals surface area contributed by atoms with Gasteiger partial charge in [0.25, 0.3) is 11.8 Å². The summed E-state index contributed by atoms with van der Waals surface area (Å²) in [6, 6.07) is 21.5. The first-order valence-corrected chi connectivity index (χ1v) is 11.0. The molecule has 174 valence electrons. The maximum absolute atomic E-state index is 11.9. The Bertz CT molecular complexity index is 1090. The normalized spacial score (nSPS) is 10.9. The first kappa shape index (κ1) is 24.8. The van der Waals surface area contributed by atoms with Crippen LogP contribution in [-0.4, -0.2) is 37.3 Å². The third-order valence-electron chi connectivity index (χ3n) is 4.37. The molecule has 0 aliphatic heterocycles. The second-order valence-corrected chi connectivity index (χ2v) is 7.73. The SMILES string of the molecule is O=C(CNc1ccccc1Cl)N/N=C\c1ccc(/C=N\NC(=O)CNc2ccccc2Cl)cc1. The van der Waals surface area contributed by atoms with Crippen molar-refractivity contribution in [3.63, 3.8) is 0 Å². The second kappa shape index (κ2) is 13.0. The summed E-state index contributed by atoms with van der Waals surface area (Å²) >= 11 is 12.1. The zero-order valence-corrected chi connectivity index (χ0v) is 19.5. The molecule has 3 aromatic rings. The molecular weight excluding hydrogens is 475 g/mol. The Hall–Kier alpha value is -3.88. The maximum Gasteiger partial charge on any atom is 0.259 e. The first-order valence-electron chi connectivity index (χ1n) is 10.2. The van der Waals surface area contributed by atoms with E-state index in [1.54, 1.807) is 48.5 Å². The number of nitrogens with zero attached hydrogens (tertiary/aromatic N) is 2. The molecule has 2 amide bonds. The molecular formula is C24H22Cl2N6O2. The lowest BCUT2D eigenvalue weighted by Crippen LogP contribution is -2.26. The van der Waals surface area contributed by atoms with Gasteiger partial charge in [-0.15, -0.1) is 0 Å². The Morgan fingerprint density at radius 1 is 0.647 bits per heavy atom. The van der Waals surface area contributed by atoms with Crippen LogP contribution in [0.2, 0.25) is 10.0 Å². The van der Waals surface area contributed by atoms with Gasteiger partial charge in [0.15, 0.2) is 0 Å². The van der Waals surface area contributed by atoms with Gasteiger partial charge in [0.2, 0.25) is 0 Å². The zero-order chi connectivity index (χ0) is 24.2. The molecule has 0 heterocycles. The fourth-order valence-electron chi connectivity index (χ4n) is 2.66. The summed E-state index contributed by atoms with van der Waals surface area (Å²) in [5, 5.41) is 14.8. The van der Waals surface area contributed by atoms with Crippen molar-refractivity contribution >= 4 is 58.8 Å². The quantitative estimate of drug-likeness (QED) is 0.250. The van der Waals surface area contributed by atoms with E-state index in [0.717, 1.165) is 11.1 Å². The lowest BCUT2D eigenvalue weighted by Gasteiger charge is -2.06. The molecule has 0 radical (unpaired) electrons. The van der Waals surface area contributed by atoms with E-state index in [9.17, 15) is 9.59 Å². The molecule has 0 bridgehead atoms. The number of hydrogen-bond acceptors (Lipinski definition) is 6. The van der Waals surface area contributed by atoms with Gasteiger partial charge in [-0.3, -0.25) is 9.59 Å². The first-order chi connectivity index (χ1) is 16.5. The van der Waals surface area contributed by atoms with E-state index in [1.807, 2.05) is 24.3 Å². The number of hydrazone groups is 2. The van der Waals surface area contributed by atoms with Crippen molar-refractivity contribution in [1.29, 1.82) is 0 Å². The molecule has 3 rings (SSSR count). The molecule has 0 aromatic heterocycles. The lowest BCUT2D eigenvalue weighted by molar-refractivity contribution is -0.120. The number of nitrogens with one attached hydrogen (secondary N) is 4. The van der Waals surface area contributed by atoms with Crippen molar-refractivity contribution in [3.05, 3.63) is 94.0 Å². The van der Waals surface area contributed by atoms with E-state index in [1.165, 1.54) is 12.4 Å². The standard InChI is InChI=1S/C24H22Cl2N6O2/c25-19-5-1-3-7-21(19)27-15-23(33)31-29-13-17-9-11-18(12-10-17)14-30-32-24(34)16-28-22-8-4-2-6-20(22)26/h1-14,27-28H,15-16H2,(H,31,33)(H,32,34)/b29-13-,30-14-. The average Bonchev–Trinajstić information content (AvgIpc) is 2.84. The molecule has 0 aliphatic rings. The summed E-state index contributed by atoms with van der Waals surface area (Å²) in [5.74, 6) is -0.612. The zero-order valence-electron chi connectivity index (χ0n) is 18.0. The Labute approximate surface area is 207 Å². The summed E-state index contributed by atoms with van der Waals surface area (Å²) in [6.07, 6.45) is 3.05.